The Hall–Kier alpha value is -3.98. The van der Waals surface area contributed by atoms with E-state index in [9.17, 15) is 9.18 Å². The lowest BCUT2D eigenvalue weighted by Gasteiger charge is -2.40. The molecule has 0 aliphatic carbocycles. The molecule has 200 valence electrons. The number of amides is 1. The minimum atomic E-state index is -0.422. The minimum absolute atomic E-state index is 0.0784. The zero-order valence-electron chi connectivity index (χ0n) is 21.5. The number of hydrogen-bond acceptors (Lipinski definition) is 6. The van der Waals surface area contributed by atoms with E-state index in [2.05, 4.69) is 25.0 Å². The highest BCUT2D eigenvalue weighted by atomic mass is 35.5. The lowest BCUT2D eigenvalue weighted by molar-refractivity contribution is -0.136. The molecule has 39 heavy (non-hydrogen) atoms. The number of aromatic nitrogens is 4. The van der Waals surface area contributed by atoms with E-state index in [1.807, 2.05) is 58.1 Å². The van der Waals surface area contributed by atoms with E-state index in [4.69, 9.17) is 11.6 Å². The fraction of sp³-hybridized carbons (Fsp3) is 0.310. The number of nitrogens with zero attached hydrogens (tertiary/aromatic N) is 7. The Kier molecular flexibility index (Phi) is 7.15. The average molecular weight is 546 g/mol. The number of benzene rings is 2. The summed E-state index contributed by atoms with van der Waals surface area (Å²) in [6, 6.07) is 18.7. The largest absolute Gasteiger partial charge is 0.368 e. The second-order valence-corrected chi connectivity index (χ2v) is 10.3. The van der Waals surface area contributed by atoms with Gasteiger partial charge >= 0.3 is 0 Å². The van der Waals surface area contributed by atoms with Gasteiger partial charge in [0.2, 0.25) is 5.91 Å². The van der Waals surface area contributed by atoms with E-state index in [1.165, 1.54) is 6.07 Å². The van der Waals surface area contributed by atoms with Crippen molar-refractivity contribution >= 4 is 29.0 Å². The van der Waals surface area contributed by atoms with Crippen molar-refractivity contribution in [1.82, 2.24) is 24.6 Å². The van der Waals surface area contributed by atoms with E-state index in [0.29, 0.717) is 38.5 Å². The Balaban J connectivity index is 1.08. The molecule has 4 aromatic rings. The van der Waals surface area contributed by atoms with Crippen LogP contribution in [0.15, 0.2) is 73.1 Å². The van der Waals surface area contributed by atoms with E-state index >= 15 is 0 Å². The summed E-state index contributed by atoms with van der Waals surface area (Å²) in [5, 5.41) is 9.12. The van der Waals surface area contributed by atoms with Crippen LogP contribution in [-0.4, -0.2) is 69.8 Å². The fourth-order valence-electron chi connectivity index (χ4n) is 5.42. The molecule has 0 saturated carbocycles. The van der Waals surface area contributed by atoms with Crippen molar-refractivity contribution in [3.8, 4) is 17.2 Å². The van der Waals surface area contributed by atoms with Crippen molar-refractivity contribution in [1.29, 1.82) is 0 Å². The molecule has 2 fully saturated rings. The highest BCUT2D eigenvalue weighted by molar-refractivity contribution is 6.31. The summed E-state index contributed by atoms with van der Waals surface area (Å²) >= 11 is 5.96. The Morgan fingerprint density at radius 2 is 1.67 bits per heavy atom. The predicted molar refractivity (Wildman–Crippen MR) is 150 cm³/mol. The number of imidazole rings is 1. The number of halogens is 2. The highest BCUT2D eigenvalue weighted by Crippen LogP contribution is 2.27. The summed E-state index contributed by atoms with van der Waals surface area (Å²) in [6.07, 6.45) is 5.43. The van der Waals surface area contributed by atoms with Crippen LogP contribution in [0.1, 0.15) is 12.8 Å². The Labute approximate surface area is 231 Å². The maximum absolute atomic E-state index is 13.5. The molecule has 1 unspecified atom stereocenters. The molecule has 10 heteroatoms. The average Bonchev–Trinajstić information content (AvgIpc) is 3.49. The standard InChI is InChI=1S/C29H29ClFN7O/c30-24-19-23(8-9-25(24)31)35-15-17-36(18-16-35)29(39)22-7-4-13-37(20-22)26-10-11-27(34-33-26)38-14-12-32-28(38)21-5-2-1-3-6-21/h1-3,5-6,8-12,14,19,22H,4,7,13,15-18,20H2. The number of anilines is 2. The van der Waals surface area contributed by atoms with Gasteiger partial charge in [0.25, 0.3) is 0 Å². The van der Waals surface area contributed by atoms with Gasteiger partial charge in [0, 0.05) is 62.9 Å². The van der Waals surface area contributed by atoms with Gasteiger partial charge in [-0.1, -0.05) is 41.9 Å². The first-order valence-corrected chi connectivity index (χ1v) is 13.6. The van der Waals surface area contributed by atoms with Crippen molar-refractivity contribution in [2.75, 3.05) is 49.1 Å². The molecular formula is C29H29ClFN7O. The maximum atomic E-state index is 13.5. The lowest BCUT2D eigenvalue weighted by Crippen LogP contribution is -2.52. The fourth-order valence-corrected chi connectivity index (χ4v) is 5.59. The normalized spacial score (nSPS) is 17.9. The van der Waals surface area contributed by atoms with Crippen LogP contribution < -0.4 is 9.80 Å². The molecule has 4 heterocycles. The maximum Gasteiger partial charge on any atom is 0.227 e. The first-order valence-electron chi connectivity index (χ1n) is 13.2. The van der Waals surface area contributed by atoms with Gasteiger partial charge in [-0.2, -0.15) is 0 Å². The van der Waals surface area contributed by atoms with Gasteiger partial charge in [0.15, 0.2) is 11.6 Å². The minimum Gasteiger partial charge on any atom is -0.368 e. The first kappa shape index (κ1) is 25.3. The predicted octanol–water partition coefficient (Wildman–Crippen LogP) is 4.69. The molecule has 0 bridgehead atoms. The molecule has 2 saturated heterocycles. The molecule has 1 amide bonds. The molecule has 0 spiro atoms. The summed E-state index contributed by atoms with van der Waals surface area (Å²) in [5.41, 5.74) is 1.89. The molecule has 6 rings (SSSR count). The number of carbonyl (C=O) groups is 1. The van der Waals surface area contributed by atoms with E-state index < -0.39 is 5.82 Å². The molecule has 0 N–H and O–H groups in total. The quantitative estimate of drug-likeness (QED) is 0.362. The number of rotatable bonds is 5. The monoisotopic (exact) mass is 545 g/mol. The molecule has 2 aromatic heterocycles. The van der Waals surface area contributed by atoms with Crippen LogP contribution in [-0.2, 0) is 4.79 Å². The molecular weight excluding hydrogens is 517 g/mol. The second-order valence-electron chi connectivity index (χ2n) is 9.93. The van der Waals surface area contributed by atoms with Crippen LogP contribution in [0.2, 0.25) is 5.02 Å². The molecule has 0 radical (unpaired) electrons. The van der Waals surface area contributed by atoms with Crippen molar-refractivity contribution in [3.63, 3.8) is 0 Å². The summed E-state index contributed by atoms with van der Waals surface area (Å²) in [6.45, 7) is 4.12. The van der Waals surface area contributed by atoms with Crippen molar-refractivity contribution in [2.24, 2.45) is 5.92 Å². The van der Waals surface area contributed by atoms with E-state index in [1.54, 1.807) is 18.3 Å². The number of piperazine rings is 1. The number of hydrogen-bond donors (Lipinski definition) is 0. The van der Waals surface area contributed by atoms with Crippen molar-refractivity contribution in [2.45, 2.75) is 12.8 Å². The van der Waals surface area contributed by atoms with Gasteiger partial charge in [-0.15, -0.1) is 10.2 Å². The molecule has 8 nitrogen and oxygen atoms in total. The smallest absolute Gasteiger partial charge is 0.227 e. The molecule has 2 aromatic carbocycles. The van der Waals surface area contributed by atoms with Gasteiger partial charge in [0.1, 0.15) is 11.6 Å². The summed E-state index contributed by atoms with van der Waals surface area (Å²) in [5.74, 6) is 1.96. The van der Waals surface area contributed by atoms with Gasteiger partial charge in [-0.25, -0.2) is 9.37 Å². The Morgan fingerprint density at radius 3 is 2.41 bits per heavy atom. The van der Waals surface area contributed by atoms with Gasteiger partial charge in [0.05, 0.1) is 10.9 Å². The number of carbonyl (C=O) groups excluding carboxylic acids is 1. The Bertz CT molecular complexity index is 1440. The van der Waals surface area contributed by atoms with Crippen LogP contribution in [0, 0.1) is 11.7 Å². The topological polar surface area (TPSA) is 70.4 Å². The van der Waals surface area contributed by atoms with Gasteiger partial charge in [-0.3, -0.25) is 9.36 Å². The third-order valence-corrected chi connectivity index (χ3v) is 7.80. The number of piperidine rings is 1. The van der Waals surface area contributed by atoms with Crippen molar-refractivity contribution in [3.05, 3.63) is 83.9 Å². The van der Waals surface area contributed by atoms with Gasteiger partial charge < -0.3 is 14.7 Å². The summed E-state index contributed by atoms with van der Waals surface area (Å²) in [4.78, 5) is 24.2. The van der Waals surface area contributed by atoms with Crippen LogP contribution in [0.3, 0.4) is 0 Å². The third-order valence-electron chi connectivity index (χ3n) is 7.51. The third kappa shape index (κ3) is 5.31. The van der Waals surface area contributed by atoms with Crippen LogP contribution in [0.25, 0.3) is 17.2 Å². The zero-order valence-corrected chi connectivity index (χ0v) is 22.2. The van der Waals surface area contributed by atoms with E-state index in [0.717, 1.165) is 42.3 Å². The zero-order chi connectivity index (χ0) is 26.8. The lowest BCUT2D eigenvalue weighted by atomic mass is 9.96. The summed E-state index contributed by atoms with van der Waals surface area (Å²) in [7, 11) is 0. The SMILES string of the molecule is O=C(C1CCCN(c2ccc(-n3ccnc3-c3ccccc3)nn2)C1)N1CCN(c2ccc(F)c(Cl)c2)CC1. The molecule has 1 atom stereocenters. The van der Waals surface area contributed by atoms with Crippen molar-refractivity contribution < 1.29 is 9.18 Å². The first-order chi connectivity index (χ1) is 19.1. The Morgan fingerprint density at radius 1 is 0.897 bits per heavy atom. The van der Waals surface area contributed by atoms with E-state index in [-0.39, 0.29) is 16.8 Å². The van der Waals surface area contributed by atoms with Crippen LogP contribution >= 0.6 is 11.6 Å². The van der Waals surface area contributed by atoms with Crippen LogP contribution in [0.5, 0.6) is 0 Å². The summed E-state index contributed by atoms with van der Waals surface area (Å²) < 4.78 is 15.5. The highest BCUT2D eigenvalue weighted by Gasteiger charge is 2.32. The second kappa shape index (κ2) is 11.0. The molecule has 2 aliphatic rings. The molecule has 2 aliphatic heterocycles. The van der Waals surface area contributed by atoms with Gasteiger partial charge in [-0.05, 0) is 43.2 Å². The van der Waals surface area contributed by atoms with Crippen LogP contribution in [0.4, 0.5) is 15.9 Å².